The molecule has 0 bridgehead atoms. The average Bonchev–Trinajstić information content (AvgIpc) is 2.80. The van der Waals surface area contributed by atoms with Gasteiger partial charge in [-0.3, -0.25) is 0 Å². The summed E-state index contributed by atoms with van der Waals surface area (Å²) in [7, 11) is 0. The van der Waals surface area contributed by atoms with E-state index in [-0.39, 0.29) is 0 Å². The minimum Gasteiger partial charge on any atom is -0.309 e. The molecule has 0 spiro atoms. The van der Waals surface area contributed by atoms with Gasteiger partial charge in [0, 0.05) is 22.1 Å². The van der Waals surface area contributed by atoms with E-state index in [4.69, 9.17) is 0 Å². The topological polar surface area (TPSA) is 3.24 Å². The molecule has 0 aliphatic carbocycles. The summed E-state index contributed by atoms with van der Waals surface area (Å²) in [5.41, 5.74) is 4.99. The van der Waals surface area contributed by atoms with Gasteiger partial charge in [-0.2, -0.15) is 0 Å². The lowest BCUT2D eigenvalue weighted by Gasteiger charge is -2.30. The molecule has 0 amide bonds. The second kappa shape index (κ2) is 7.68. The van der Waals surface area contributed by atoms with Crippen LogP contribution in [0.25, 0.3) is 21.5 Å². The molecule has 146 valence electrons. The fourth-order valence-corrected chi connectivity index (χ4v) is 4.56. The Morgan fingerprint density at radius 3 is 1.23 bits per heavy atom. The third-order valence-electron chi connectivity index (χ3n) is 5.77. The molecule has 0 saturated heterocycles. The van der Waals surface area contributed by atoms with Crippen LogP contribution in [0.1, 0.15) is 25.3 Å². The van der Waals surface area contributed by atoms with Crippen molar-refractivity contribution >= 4 is 38.6 Å². The van der Waals surface area contributed by atoms with Gasteiger partial charge >= 0.3 is 0 Å². The van der Waals surface area contributed by atoms with Gasteiger partial charge in [0.05, 0.1) is 5.69 Å². The molecule has 0 heterocycles. The van der Waals surface area contributed by atoms with Crippen molar-refractivity contribution < 1.29 is 0 Å². The van der Waals surface area contributed by atoms with Crippen LogP contribution in [0.4, 0.5) is 17.1 Å². The number of hydrogen-bond acceptors (Lipinski definition) is 1. The van der Waals surface area contributed by atoms with Crippen molar-refractivity contribution in [3.63, 3.8) is 0 Å². The zero-order valence-corrected chi connectivity index (χ0v) is 17.4. The average molecular weight is 388 g/mol. The molecular weight excluding hydrogens is 362 g/mol. The summed E-state index contributed by atoms with van der Waals surface area (Å²) in [6, 6.07) is 39.0. The first-order chi connectivity index (χ1) is 14.8. The normalized spacial score (nSPS) is 11.3. The number of para-hydroxylation sites is 2. The van der Waals surface area contributed by atoms with Crippen molar-refractivity contribution in [2.24, 2.45) is 0 Å². The standard InChI is InChI=1S/C29H25N/c1-21(2)28-24-17-9-11-19-26(24)29(27-20-12-10-18-25(27)28)30(22-13-5-3-6-14-22)23-15-7-4-8-16-23/h3-21H,1-2H3. The van der Waals surface area contributed by atoms with E-state index < -0.39 is 0 Å². The largest absolute Gasteiger partial charge is 0.309 e. The highest BCUT2D eigenvalue weighted by Gasteiger charge is 2.21. The van der Waals surface area contributed by atoms with Crippen molar-refractivity contribution in [2.45, 2.75) is 19.8 Å². The maximum Gasteiger partial charge on any atom is 0.0618 e. The van der Waals surface area contributed by atoms with E-state index in [1.165, 1.54) is 32.8 Å². The molecule has 1 heteroatoms. The van der Waals surface area contributed by atoms with Crippen LogP contribution in [0, 0.1) is 0 Å². The smallest absolute Gasteiger partial charge is 0.0618 e. The molecule has 0 atom stereocenters. The van der Waals surface area contributed by atoms with E-state index in [0.717, 1.165) is 11.4 Å². The van der Waals surface area contributed by atoms with Crippen LogP contribution in [0.3, 0.4) is 0 Å². The zero-order valence-electron chi connectivity index (χ0n) is 17.4. The van der Waals surface area contributed by atoms with E-state index >= 15 is 0 Å². The van der Waals surface area contributed by atoms with Gasteiger partial charge in [-0.1, -0.05) is 98.8 Å². The van der Waals surface area contributed by atoms with Gasteiger partial charge in [-0.25, -0.2) is 0 Å². The first-order valence-corrected chi connectivity index (χ1v) is 10.6. The van der Waals surface area contributed by atoms with Gasteiger partial charge in [0.1, 0.15) is 0 Å². The Hall–Kier alpha value is -3.58. The van der Waals surface area contributed by atoms with Gasteiger partial charge in [0.2, 0.25) is 0 Å². The Kier molecular flexibility index (Phi) is 4.72. The minimum absolute atomic E-state index is 0.441. The SMILES string of the molecule is CC(C)c1c2ccccc2c(N(c2ccccc2)c2ccccc2)c2ccccc12. The van der Waals surface area contributed by atoms with Gasteiger partial charge in [0.15, 0.2) is 0 Å². The molecule has 0 saturated carbocycles. The molecule has 0 aromatic heterocycles. The highest BCUT2D eigenvalue weighted by molar-refractivity contribution is 6.16. The summed E-state index contributed by atoms with van der Waals surface area (Å²) in [6.07, 6.45) is 0. The predicted molar refractivity (Wildman–Crippen MR) is 130 cm³/mol. The maximum absolute atomic E-state index is 2.40. The van der Waals surface area contributed by atoms with E-state index in [0.29, 0.717) is 5.92 Å². The van der Waals surface area contributed by atoms with Gasteiger partial charge < -0.3 is 4.90 Å². The van der Waals surface area contributed by atoms with Gasteiger partial charge in [-0.05, 0) is 46.5 Å². The Balaban J connectivity index is 1.96. The molecule has 0 aliphatic heterocycles. The molecule has 0 aliphatic rings. The summed E-state index contributed by atoms with van der Waals surface area (Å²) in [4.78, 5) is 2.40. The first-order valence-electron chi connectivity index (χ1n) is 10.6. The first kappa shape index (κ1) is 18.4. The number of hydrogen-bond donors (Lipinski definition) is 0. The summed E-state index contributed by atoms with van der Waals surface area (Å²) in [5.74, 6) is 0.441. The van der Waals surface area contributed by atoms with Crippen molar-refractivity contribution in [3.05, 3.63) is 115 Å². The molecule has 0 fully saturated rings. The van der Waals surface area contributed by atoms with E-state index in [9.17, 15) is 0 Å². The fraction of sp³-hybridized carbons (Fsp3) is 0.103. The Bertz CT molecular complexity index is 1210. The lowest BCUT2D eigenvalue weighted by Crippen LogP contribution is -2.11. The van der Waals surface area contributed by atoms with Crippen LogP contribution in [-0.4, -0.2) is 0 Å². The Morgan fingerprint density at radius 1 is 0.467 bits per heavy atom. The number of rotatable bonds is 4. The van der Waals surface area contributed by atoms with Crippen molar-refractivity contribution in [3.8, 4) is 0 Å². The third kappa shape index (κ3) is 3.04. The number of anilines is 3. The molecule has 5 rings (SSSR count). The summed E-state index contributed by atoms with van der Waals surface area (Å²) < 4.78 is 0. The van der Waals surface area contributed by atoms with Gasteiger partial charge in [0.25, 0.3) is 0 Å². The monoisotopic (exact) mass is 387 g/mol. The lowest BCUT2D eigenvalue weighted by atomic mass is 9.88. The molecule has 0 N–H and O–H groups in total. The van der Waals surface area contributed by atoms with Crippen molar-refractivity contribution in [1.29, 1.82) is 0 Å². The van der Waals surface area contributed by atoms with Gasteiger partial charge in [-0.15, -0.1) is 0 Å². The summed E-state index contributed by atoms with van der Waals surface area (Å²) >= 11 is 0. The van der Waals surface area contributed by atoms with E-state index in [1.807, 2.05) is 0 Å². The summed E-state index contributed by atoms with van der Waals surface area (Å²) in [5, 5.41) is 5.23. The quantitative estimate of drug-likeness (QED) is 0.279. The third-order valence-corrected chi connectivity index (χ3v) is 5.77. The maximum atomic E-state index is 2.40. The number of nitrogens with zero attached hydrogens (tertiary/aromatic N) is 1. The van der Waals surface area contributed by atoms with Crippen LogP contribution >= 0.6 is 0 Å². The van der Waals surface area contributed by atoms with Crippen LogP contribution in [-0.2, 0) is 0 Å². The second-order valence-electron chi connectivity index (χ2n) is 8.01. The van der Waals surface area contributed by atoms with E-state index in [1.54, 1.807) is 0 Å². The highest BCUT2D eigenvalue weighted by Crippen LogP contribution is 2.46. The van der Waals surface area contributed by atoms with Crippen LogP contribution in [0.5, 0.6) is 0 Å². The molecular formula is C29H25N. The molecule has 5 aromatic carbocycles. The number of benzene rings is 5. The molecule has 5 aromatic rings. The summed E-state index contributed by atoms with van der Waals surface area (Å²) in [6.45, 7) is 4.58. The fourth-order valence-electron chi connectivity index (χ4n) is 4.56. The molecule has 0 unspecified atom stereocenters. The van der Waals surface area contributed by atoms with Crippen LogP contribution in [0.2, 0.25) is 0 Å². The zero-order chi connectivity index (χ0) is 20.5. The van der Waals surface area contributed by atoms with Crippen LogP contribution in [0.15, 0.2) is 109 Å². The lowest BCUT2D eigenvalue weighted by molar-refractivity contribution is 0.885. The van der Waals surface area contributed by atoms with Crippen molar-refractivity contribution in [1.82, 2.24) is 0 Å². The highest BCUT2D eigenvalue weighted by atomic mass is 15.1. The molecule has 0 radical (unpaired) electrons. The molecule has 30 heavy (non-hydrogen) atoms. The van der Waals surface area contributed by atoms with E-state index in [2.05, 4.69) is 128 Å². The predicted octanol–water partition coefficient (Wildman–Crippen LogP) is 8.59. The molecule has 1 nitrogen and oxygen atoms in total. The minimum atomic E-state index is 0.441. The Labute approximate surface area is 178 Å². The van der Waals surface area contributed by atoms with Crippen molar-refractivity contribution in [2.75, 3.05) is 4.90 Å². The van der Waals surface area contributed by atoms with Crippen LogP contribution < -0.4 is 4.90 Å². The second-order valence-corrected chi connectivity index (χ2v) is 8.01. The number of fused-ring (bicyclic) bond motifs is 2. The Morgan fingerprint density at radius 2 is 0.833 bits per heavy atom.